The van der Waals surface area contributed by atoms with Gasteiger partial charge in [-0.15, -0.1) is 5.10 Å². The molecule has 0 spiro atoms. The van der Waals surface area contributed by atoms with Crippen LogP contribution >= 0.6 is 11.6 Å². The molecule has 0 saturated heterocycles. The number of hydrogen-bond acceptors (Lipinski definition) is 7. The average Bonchev–Trinajstić information content (AvgIpc) is 3.85. The summed E-state index contributed by atoms with van der Waals surface area (Å²) < 4.78 is 23.1. The number of amides is 2. The molecule has 3 aromatic heterocycles. The largest absolute Gasteiger partial charge is 0.382 e. The van der Waals surface area contributed by atoms with E-state index in [1.807, 2.05) is 13.8 Å². The Morgan fingerprint density at radius 1 is 1.25 bits per heavy atom. The number of rotatable bonds is 12. The third kappa shape index (κ3) is 5.94. The second-order valence-corrected chi connectivity index (χ2v) is 11.1. The minimum atomic E-state index is -0.941. The van der Waals surface area contributed by atoms with E-state index in [9.17, 15) is 14.4 Å². The predicted octanol–water partition coefficient (Wildman–Crippen LogP) is 2.95. The number of nitrogens with zero attached hydrogens (tertiary/aromatic N) is 5. The summed E-state index contributed by atoms with van der Waals surface area (Å²) in [6, 6.07) is 1.20. The van der Waals surface area contributed by atoms with Crippen LogP contribution in [0.15, 0.2) is 29.3 Å². The van der Waals surface area contributed by atoms with Crippen LogP contribution in [-0.2, 0) is 9.53 Å². The Kier molecular flexibility index (Phi) is 8.04. The molecule has 14 heteroatoms. The first-order valence-corrected chi connectivity index (χ1v) is 13.7. The van der Waals surface area contributed by atoms with Crippen molar-refractivity contribution in [2.45, 2.75) is 57.7 Å². The third-order valence-electron chi connectivity index (χ3n) is 7.43. The van der Waals surface area contributed by atoms with Gasteiger partial charge in [-0.2, -0.15) is 14.6 Å². The summed E-state index contributed by atoms with van der Waals surface area (Å²) in [4.78, 5) is 39.5. The van der Waals surface area contributed by atoms with Gasteiger partial charge in [-0.1, -0.05) is 11.6 Å². The van der Waals surface area contributed by atoms with Gasteiger partial charge in [0.25, 0.3) is 17.4 Å². The average molecular weight is 575 g/mol. The SMILES string of the molecule is COCC(c1cc(Cl)n[nH]c1=O)n1cc(NC(=O)C(NC(=O)c2ccnn2C(C)C)C(C2CC2)C2CC2)c(F)n1. The Hall–Kier alpha value is -3.58. The fourth-order valence-electron chi connectivity index (χ4n) is 5.28. The number of halogens is 2. The molecule has 2 aliphatic carbocycles. The molecule has 2 amide bonds. The van der Waals surface area contributed by atoms with Crippen molar-refractivity contribution < 1.29 is 18.7 Å². The first-order valence-electron chi connectivity index (χ1n) is 13.3. The smallest absolute Gasteiger partial charge is 0.270 e. The molecule has 0 aromatic carbocycles. The minimum absolute atomic E-state index is 0.0222. The molecule has 214 valence electrons. The summed E-state index contributed by atoms with van der Waals surface area (Å²) in [6.07, 6.45) is 6.78. The van der Waals surface area contributed by atoms with Gasteiger partial charge in [0.15, 0.2) is 0 Å². The van der Waals surface area contributed by atoms with E-state index in [4.69, 9.17) is 16.3 Å². The molecule has 12 nitrogen and oxygen atoms in total. The van der Waals surface area contributed by atoms with E-state index in [1.54, 1.807) is 16.9 Å². The van der Waals surface area contributed by atoms with Gasteiger partial charge in [-0.25, -0.2) is 5.10 Å². The van der Waals surface area contributed by atoms with Crippen molar-refractivity contribution >= 4 is 29.1 Å². The second kappa shape index (κ2) is 11.5. The Morgan fingerprint density at radius 2 is 1.95 bits per heavy atom. The van der Waals surface area contributed by atoms with Crippen LogP contribution in [0.25, 0.3) is 0 Å². The van der Waals surface area contributed by atoms with Crippen molar-refractivity contribution in [1.82, 2.24) is 35.1 Å². The van der Waals surface area contributed by atoms with Crippen molar-refractivity contribution in [1.29, 1.82) is 0 Å². The van der Waals surface area contributed by atoms with Crippen LogP contribution < -0.4 is 16.2 Å². The lowest BCUT2D eigenvalue weighted by Crippen LogP contribution is -2.50. The van der Waals surface area contributed by atoms with Gasteiger partial charge in [0, 0.05) is 24.9 Å². The highest BCUT2D eigenvalue weighted by atomic mass is 35.5. The molecular formula is C26H32ClFN8O4. The summed E-state index contributed by atoms with van der Waals surface area (Å²) in [5.74, 6) is -1.30. The normalized spacial score (nSPS) is 16.8. The van der Waals surface area contributed by atoms with Crippen molar-refractivity contribution in [3.05, 3.63) is 57.2 Å². The fourth-order valence-corrected chi connectivity index (χ4v) is 5.44. The number of nitrogens with one attached hydrogen (secondary N) is 3. The first-order chi connectivity index (χ1) is 19.2. The lowest BCUT2D eigenvalue weighted by Gasteiger charge is -2.27. The highest BCUT2D eigenvalue weighted by Crippen LogP contribution is 2.51. The zero-order valence-electron chi connectivity index (χ0n) is 22.4. The van der Waals surface area contributed by atoms with Crippen molar-refractivity contribution in [2.24, 2.45) is 17.8 Å². The highest BCUT2D eigenvalue weighted by molar-refractivity contribution is 6.29. The number of carbonyl (C=O) groups excluding carboxylic acids is 2. The number of anilines is 1. The summed E-state index contributed by atoms with van der Waals surface area (Å²) in [7, 11) is 1.43. The minimum Gasteiger partial charge on any atom is -0.382 e. The molecule has 0 aliphatic heterocycles. The standard InChI is InChI=1S/C26H32ClFN8O4/c1-13(2)36-18(8-9-29-36)25(38)31-22(21(14-4-5-14)15-6-7-15)26(39)30-17-11-35(34-23(17)28)19(12-40-3)16-10-20(27)32-33-24(16)37/h8-11,13-15,19,21-22H,4-7,12H2,1-3H3,(H,30,39)(H,31,38)(H,33,37). The molecular weight excluding hydrogens is 543 g/mol. The summed E-state index contributed by atoms with van der Waals surface area (Å²) in [5, 5.41) is 19.7. The van der Waals surface area contributed by atoms with Crippen molar-refractivity contribution in [3.8, 4) is 0 Å². The summed E-state index contributed by atoms with van der Waals surface area (Å²) in [5.41, 5.74) is -0.204. The van der Waals surface area contributed by atoms with Gasteiger partial charge in [0.2, 0.25) is 5.91 Å². The van der Waals surface area contributed by atoms with Gasteiger partial charge in [-0.3, -0.25) is 23.7 Å². The molecule has 2 atom stereocenters. The van der Waals surface area contributed by atoms with Crippen LogP contribution in [0.4, 0.5) is 10.1 Å². The molecule has 0 bridgehead atoms. The molecule has 2 aliphatic rings. The maximum atomic E-state index is 15.1. The van der Waals surface area contributed by atoms with Crippen LogP contribution in [0.1, 0.15) is 67.7 Å². The fraction of sp³-hybridized carbons (Fsp3) is 0.538. The van der Waals surface area contributed by atoms with Crippen LogP contribution in [0.3, 0.4) is 0 Å². The van der Waals surface area contributed by atoms with Crippen LogP contribution in [-0.4, -0.2) is 61.3 Å². The summed E-state index contributed by atoms with van der Waals surface area (Å²) >= 11 is 5.96. The topological polar surface area (TPSA) is 149 Å². The lowest BCUT2D eigenvalue weighted by atomic mass is 9.88. The molecule has 3 aromatic rings. The molecule has 0 radical (unpaired) electrons. The number of ether oxygens (including phenoxy) is 1. The van der Waals surface area contributed by atoms with E-state index < -0.39 is 35.4 Å². The quantitative estimate of drug-likeness (QED) is 0.301. The number of aromatic nitrogens is 6. The van der Waals surface area contributed by atoms with Crippen molar-refractivity contribution in [2.75, 3.05) is 19.0 Å². The zero-order valence-corrected chi connectivity index (χ0v) is 23.2. The van der Waals surface area contributed by atoms with E-state index in [-0.39, 0.29) is 35.0 Å². The molecule has 2 fully saturated rings. The Balaban J connectivity index is 1.41. The first kappa shape index (κ1) is 28.0. The highest BCUT2D eigenvalue weighted by Gasteiger charge is 2.48. The number of methoxy groups -OCH3 is 1. The van der Waals surface area contributed by atoms with E-state index in [0.717, 1.165) is 25.7 Å². The van der Waals surface area contributed by atoms with Gasteiger partial charge < -0.3 is 15.4 Å². The van der Waals surface area contributed by atoms with Crippen LogP contribution in [0.2, 0.25) is 5.15 Å². The number of aromatic amines is 1. The Morgan fingerprint density at radius 3 is 2.58 bits per heavy atom. The third-order valence-corrected chi connectivity index (χ3v) is 7.62. The lowest BCUT2D eigenvalue weighted by molar-refractivity contribution is -0.119. The van der Waals surface area contributed by atoms with E-state index >= 15 is 4.39 Å². The maximum Gasteiger partial charge on any atom is 0.270 e. The van der Waals surface area contributed by atoms with Gasteiger partial charge >= 0.3 is 0 Å². The second-order valence-electron chi connectivity index (χ2n) is 10.7. The number of carbonyl (C=O) groups is 2. The number of hydrogen-bond donors (Lipinski definition) is 3. The van der Waals surface area contributed by atoms with Gasteiger partial charge in [-0.05, 0) is 69.4 Å². The van der Waals surface area contributed by atoms with E-state index in [0.29, 0.717) is 17.5 Å². The molecule has 3 N–H and O–H groups in total. The molecule has 3 heterocycles. The predicted molar refractivity (Wildman–Crippen MR) is 144 cm³/mol. The Bertz CT molecular complexity index is 1430. The van der Waals surface area contributed by atoms with Gasteiger partial charge in [0.05, 0.1) is 12.8 Å². The van der Waals surface area contributed by atoms with Gasteiger partial charge in [0.1, 0.15) is 28.6 Å². The molecule has 2 saturated carbocycles. The summed E-state index contributed by atoms with van der Waals surface area (Å²) in [6.45, 7) is 3.80. The Labute approximate surface area is 234 Å². The monoisotopic (exact) mass is 574 g/mol. The van der Waals surface area contributed by atoms with Crippen LogP contribution in [0, 0.1) is 23.7 Å². The maximum absolute atomic E-state index is 15.1. The van der Waals surface area contributed by atoms with E-state index in [2.05, 4.69) is 31.0 Å². The molecule has 2 unspecified atom stereocenters. The van der Waals surface area contributed by atoms with Crippen LogP contribution in [0.5, 0.6) is 0 Å². The van der Waals surface area contributed by atoms with E-state index in [1.165, 1.54) is 24.1 Å². The molecule has 40 heavy (non-hydrogen) atoms. The zero-order chi connectivity index (χ0) is 28.6. The van der Waals surface area contributed by atoms with Crippen molar-refractivity contribution in [3.63, 3.8) is 0 Å². The number of H-pyrrole nitrogens is 1. The molecule has 5 rings (SSSR count).